The van der Waals surface area contributed by atoms with Crippen LogP contribution in [0.15, 0.2) is 66.7 Å². The third kappa shape index (κ3) is 4.99. The molecule has 0 aliphatic rings. The summed E-state index contributed by atoms with van der Waals surface area (Å²) < 4.78 is 5.18. The molecule has 4 rings (SSSR count). The summed E-state index contributed by atoms with van der Waals surface area (Å²) in [5.41, 5.74) is 4.48. The lowest BCUT2D eigenvalue weighted by atomic mass is 10.1. The molecule has 170 valence electrons. The average molecular weight is 445 g/mol. The highest BCUT2D eigenvalue weighted by molar-refractivity contribution is 6.10. The van der Waals surface area contributed by atoms with Crippen LogP contribution in [-0.4, -0.2) is 29.8 Å². The quantitative estimate of drug-likeness (QED) is 0.215. The van der Waals surface area contributed by atoms with E-state index in [0.29, 0.717) is 17.9 Å². The molecule has 1 aromatic heterocycles. The molecule has 0 saturated heterocycles. The van der Waals surface area contributed by atoms with Crippen molar-refractivity contribution >= 4 is 45.0 Å². The van der Waals surface area contributed by atoms with Gasteiger partial charge in [-0.05, 0) is 30.2 Å². The van der Waals surface area contributed by atoms with Gasteiger partial charge in [0, 0.05) is 29.1 Å². The minimum atomic E-state index is -1.01. The SMILES string of the molecule is CNc1cccc2c(NC(O)c3cccc(NC(=O)OCC(C)C)c3)c3ccccc3nc12. The Balaban J connectivity index is 1.65. The van der Waals surface area contributed by atoms with Crippen LogP contribution in [0.3, 0.4) is 0 Å². The van der Waals surface area contributed by atoms with E-state index in [1.807, 2.05) is 63.4 Å². The monoisotopic (exact) mass is 444 g/mol. The van der Waals surface area contributed by atoms with Crippen LogP contribution in [-0.2, 0) is 4.74 Å². The van der Waals surface area contributed by atoms with Crippen LogP contribution in [0.4, 0.5) is 21.9 Å². The van der Waals surface area contributed by atoms with Crippen molar-refractivity contribution < 1.29 is 14.6 Å². The highest BCUT2D eigenvalue weighted by Crippen LogP contribution is 2.35. The van der Waals surface area contributed by atoms with Crippen molar-refractivity contribution in [1.82, 2.24) is 4.98 Å². The number of aliphatic hydroxyl groups is 1. The first-order chi connectivity index (χ1) is 16.0. The molecule has 1 unspecified atom stereocenters. The van der Waals surface area contributed by atoms with Crippen molar-refractivity contribution in [2.24, 2.45) is 5.92 Å². The van der Waals surface area contributed by atoms with Gasteiger partial charge in [-0.3, -0.25) is 5.32 Å². The summed E-state index contributed by atoms with van der Waals surface area (Å²) in [6.07, 6.45) is -1.53. The summed E-state index contributed by atoms with van der Waals surface area (Å²) in [4.78, 5) is 16.8. The fourth-order valence-electron chi connectivity index (χ4n) is 3.67. The topological polar surface area (TPSA) is 95.5 Å². The van der Waals surface area contributed by atoms with E-state index in [2.05, 4.69) is 16.0 Å². The minimum absolute atomic E-state index is 0.251. The number of hydrogen-bond acceptors (Lipinski definition) is 6. The van der Waals surface area contributed by atoms with E-state index in [1.54, 1.807) is 24.3 Å². The van der Waals surface area contributed by atoms with Gasteiger partial charge in [0.25, 0.3) is 0 Å². The van der Waals surface area contributed by atoms with Gasteiger partial charge in [-0.1, -0.05) is 56.3 Å². The van der Waals surface area contributed by atoms with Crippen LogP contribution in [0, 0.1) is 5.92 Å². The zero-order valence-electron chi connectivity index (χ0n) is 18.9. The van der Waals surface area contributed by atoms with E-state index < -0.39 is 12.3 Å². The Kier molecular flexibility index (Phi) is 6.60. The number of nitrogens with one attached hydrogen (secondary N) is 3. The number of ether oxygens (including phenoxy) is 1. The number of carbonyl (C=O) groups excluding carboxylic acids is 1. The average Bonchev–Trinajstić information content (AvgIpc) is 2.82. The molecule has 1 atom stereocenters. The number of hydrogen-bond donors (Lipinski definition) is 4. The summed E-state index contributed by atoms with van der Waals surface area (Å²) in [5, 5.41) is 22.0. The number of aromatic nitrogens is 1. The number of rotatable bonds is 7. The number of nitrogens with zero attached hydrogens (tertiary/aromatic N) is 1. The van der Waals surface area contributed by atoms with E-state index in [9.17, 15) is 9.90 Å². The molecule has 1 amide bonds. The number of benzene rings is 3. The molecule has 0 fully saturated rings. The van der Waals surface area contributed by atoms with Gasteiger partial charge in [-0.25, -0.2) is 9.78 Å². The van der Waals surface area contributed by atoms with Gasteiger partial charge < -0.3 is 20.5 Å². The summed E-state index contributed by atoms with van der Waals surface area (Å²) in [6.45, 7) is 4.29. The first-order valence-electron chi connectivity index (χ1n) is 10.9. The molecule has 0 aliphatic heterocycles. The molecular formula is C26H28N4O3. The van der Waals surface area contributed by atoms with Crippen molar-refractivity contribution in [1.29, 1.82) is 0 Å². The molecule has 4 N–H and O–H groups in total. The molecule has 7 heteroatoms. The third-order valence-corrected chi connectivity index (χ3v) is 5.26. The lowest BCUT2D eigenvalue weighted by molar-refractivity contribution is 0.147. The molecule has 7 nitrogen and oxygen atoms in total. The maximum absolute atomic E-state index is 12.0. The smallest absolute Gasteiger partial charge is 0.411 e. The second-order valence-corrected chi connectivity index (χ2v) is 8.25. The zero-order valence-corrected chi connectivity index (χ0v) is 18.9. The highest BCUT2D eigenvalue weighted by atomic mass is 16.5. The van der Waals surface area contributed by atoms with Gasteiger partial charge in [-0.15, -0.1) is 0 Å². The van der Waals surface area contributed by atoms with Crippen molar-refractivity contribution in [3.8, 4) is 0 Å². The Morgan fingerprint density at radius 1 is 1.03 bits per heavy atom. The zero-order chi connectivity index (χ0) is 23.4. The lowest BCUT2D eigenvalue weighted by Crippen LogP contribution is -2.17. The summed E-state index contributed by atoms with van der Waals surface area (Å²) in [6, 6.07) is 20.8. The predicted molar refractivity (Wildman–Crippen MR) is 134 cm³/mol. The molecule has 33 heavy (non-hydrogen) atoms. The first-order valence-corrected chi connectivity index (χ1v) is 10.9. The van der Waals surface area contributed by atoms with Gasteiger partial charge in [-0.2, -0.15) is 0 Å². The number of fused-ring (bicyclic) bond motifs is 2. The van der Waals surface area contributed by atoms with Crippen LogP contribution < -0.4 is 16.0 Å². The Labute approximate surface area is 192 Å². The molecule has 1 heterocycles. The van der Waals surface area contributed by atoms with Gasteiger partial charge in [0.05, 0.1) is 29.0 Å². The van der Waals surface area contributed by atoms with Gasteiger partial charge >= 0.3 is 6.09 Å². The first kappa shape index (κ1) is 22.4. The Hall–Kier alpha value is -3.84. The van der Waals surface area contributed by atoms with E-state index >= 15 is 0 Å². The van der Waals surface area contributed by atoms with Gasteiger partial charge in [0.15, 0.2) is 6.23 Å². The van der Waals surface area contributed by atoms with Crippen molar-refractivity contribution in [3.05, 3.63) is 72.3 Å². The van der Waals surface area contributed by atoms with Crippen LogP contribution in [0.25, 0.3) is 21.8 Å². The maximum atomic E-state index is 12.0. The van der Waals surface area contributed by atoms with Gasteiger partial charge in [0.1, 0.15) is 0 Å². The molecule has 0 spiro atoms. The standard InChI is InChI=1S/C26H28N4O3/c1-16(2)15-33-26(32)28-18-9-6-8-17(14-18)25(31)30-23-19-10-4-5-12-21(19)29-24-20(23)11-7-13-22(24)27-3/h4-14,16,25,27,31H,15H2,1-3H3,(H,28,32)(H,29,30). The number of carbonyl (C=O) groups is 1. The van der Waals surface area contributed by atoms with Crippen molar-refractivity contribution in [2.75, 3.05) is 29.6 Å². The van der Waals surface area contributed by atoms with Crippen LogP contribution in [0.5, 0.6) is 0 Å². The summed E-state index contributed by atoms with van der Waals surface area (Å²) in [7, 11) is 1.86. The maximum Gasteiger partial charge on any atom is 0.411 e. The Morgan fingerprint density at radius 3 is 2.58 bits per heavy atom. The second kappa shape index (κ2) is 9.75. The third-order valence-electron chi connectivity index (χ3n) is 5.26. The largest absolute Gasteiger partial charge is 0.449 e. The predicted octanol–water partition coefficient (Wildman–Crippen LogP) is 5.74. The number of anilines is 3. The van der Waals surface area contributed by atoms with E-state index in [1.165, 1.54) is 0 Å². The molecule has 0 radical (unpaired) electrons. The number of aliphatic hydroxyl groups excluding tert-OH is 1. The van der Waals surface area contributed by atoms with Gasteiger partial charge in [0.2, 0.25) is 0 Å². The second-order valence-electron chi connectivity index (χ2n) is 8.25. The lowest BCUT2D eigenvalue weighted by Gasteiger charge is -2.19. The van der Waals surface area contributed by atoms with Crippen molar-refractivity contribution in [3.63, 3.8) is 0 Å². The number of para-hydroxylation sites is 2. The molecule has 0 bridgehead atoms. The van der Waals surface area contributed by atoms with Crippen LogP contribution in [0.1, 0.15) is 25.6 Å². The summed E-state index contributed by atoms with van der Waals surface area (Å²) >= 11 is 0. The molecule has 3 aromatic carbocycles. The van der Waals surface area contributed by atoms with Crippen LogP contribution in [0.2, 0.25) is 0 Å². The number of amides is 1. The molecule has 0 saturated carbocycles. The Morgan fingerprint density at radius 2 is 1.79 bits per heavy atom. The fraction of sp³-hybridized carbons (Fsp3) is 0.231. The van der Waals surface area contributed by atoms with E-state index in [-0.39, 0.29) is 5.92 Å². The van der Waals surface area contributed by atoms with E-state index in [4.69, 9.17) is 9.72 Å². The highest BCUT2D eigenvalue weighted by Gasteiger charge is 2.16. The van der Waals surface area contributed by atoms with E-state index in [0.717, 1.165) is 33.2 Å². The number of pyridine rings is 1. The summed E-state index contributed by atoms with van der Waals surface area (Å²) in [5.74, 6) is 0.251. The minimum Gasteiger partial charge on any atom is -0.449 e. The van der Waals surface area contributed by atoms with Crippen molar-refractivity contribution in [2.45, 2.75) is 20.1 Å². The Bertz CT molecular complexity index is 1290. The molecule has 4 aromatic rings. The molecule has 0 aliphatic carbocycles. The van der Waals surface area contributed by atoms with Crippen LogP contribution >= 0.6 is 0 Å². The normalized spacial score (nSPS) is 12.0. The fourth-order valence-corrected chi connectivity index (χ4v) is 3.67. The molecular weight excluding hydrogens is 416 g/mol.